The summed E-state index contributed by atoms with van der Waals surface area (Å²) in [5, 5.41) is 9.09. The number of likely N-dealkylation sites (N-methyl/N-ethyl adjacent to an activating group) is 1. The van der Waals surface area contributed by atoms with Crippen molar-refractivity contribution >= 4 is 5.69 Å². The molecule has 0 saturated carbocycles. The Morgan fingerprint density at radius 2 is 2.18 bits per heavy atom. The Balaban J connectivity index is 2.43. The predicted molar refractivity (Wildman–Crippen MR) is 71.6 cm³/mol. The molecule has 3 heteroatoms. The third-order valence-electron chi connectivity index (χ3n) is 2.61. The first-order valence-electron chi connectivity index (χ1n) is 6.21. The number of hydrogen-bond acceptors (Lipinski definition) is 3. The molecule has 96 valence electrons. The second-order valence-electron chi connectivity index (χ2n) is 4.34. The summed E-state index contributed by atoms with van der Waals surface area (Å²) in [6, 6.07) is 8.47. The van der Waals surface area contributed by atoms with Gasteiger partial charge < -0.3 is 14.7 Å². The van der Waals surface area contributed by atoms with Crippen LogP contribution in [0.1, 0.15) is 19.4 Å². The molecular weight excluding hydrogens is 214 g/mol. The summed E-state index contributed by atoms with van der Waals surface area (Å²) in [4.78, 5) is 2.27. The minimum absolute atomic E-state index is 0.385. The van der Waals surface area contributed by atoms with Gasteiger partial charge in [0.05, 0.1) is 19.3 Å². The molecule has 1 rings (SSSR count). The average molecular weight is 237 g/mol. The number of benzene rings is 1. The van der Waals surface area contributed by atoms with Crippen LogP contribution in [-0.2, 0) is 4.74 Å². The number of ether oxygens (including phenoxy) is 1. The van der Waals surface area contributed by atoms with E-state index in [1.807, 2.05) is 0 Å². The van der Waals surface area contributed by atoms with Crippen LogP contribution >= 0.6 is 0 Å². The Morgan fingerprint density at radius 3 is 2.76 bits per heavy atom. The molecule has 0 heterocycles. The summed E-state index contributed by atoms with van der Waals surface area (Å²) in [7, 11) is 0. The van der Waals surface area contributed by atoms with Gasteiger partial charge in [0.2, 0.25) is 0 Å². The third-order valence-corrected chi connectivity index (χ3v) is 2.61. The van der Waals surface area contributed by atoms with E-state index in [0.29, 0.717) is 13.2 Å². The first-order chi connectivity index (χ1) is 8.13. The van der Waals surface area contributed by atoms with Crippen molar-refractivity contribution in [2.45, 2.75) is 26.9 Å². The highest BCUT2D eigenvalue weighted by Gasteiger charge is 2.04. The number of nitrogens with zero attached hydrogens (tertiary/aromatic N) is 1. The highest BCUT2D eigenvalue weighted by atomic mass is 16.5. The van der Waals surface area contributed by atoms with Crippen LogP contribution < -0.4 is 4.90 Å². The minimum atomic E-state index is -0.385. The van der Waals surface area contributed by atoms with Gasteiger partial charge in [-0.3, -0.25) is 0 Å². The van der Waals surface area contributed by atoms with Crippen LogP contribution in [0.3, 0.4) is 0 Å². The van der Waals surface area contributed by atoms with Crippen LogP contribution in [0.2, 0.25) is 0 Å². The molecule has 0 saturated heterocycles. The van der Waals surface area contributed by atoms with Gasteiger partial charge in [0.1, 0.15) is 0 Å². The summed E-state index contributed by atoms with van der Waals surface area (Å²) in [5.74, 6) is 0. The van der Waals surface area contributed by atoms with Crippen molar-refractivity contribution in [2.75, 3.05) is 31.2 Å². The van der Waals surface area contributed by atoms with E-state index in [0.717, 1.165) is 13.1 Å². The molecule has 0 amide bonds. The number of aryl methyl sites for hydroxylation is 1. The Labute approximate surface area is 104 Å². The lowest BCUT2D eigenvalue weighted by Gasteiger charge is -2.23. The van der Waals surface area contributed by atoms with Crippen molar-refractivity contribution in [3.63, 3.8) is 0 Å². The molecule has 3 nitrogen and oxygen atoms in total. The van der Waals surface area contributed by atoms with Gasteiger partial charge in [-0.2, -0.15) is 0 Å². The number of anilines is 1. The molecule has 0 radical (unpaired) electrons. The lowest BCUT2D eigenvalue weighted by atomic mass is 10.2. The van der Waals surface area contributed by atoms with Crippen LogP contribution in [0.25, 0.3) is 0 Å². The first kappa shape index (κ1) is 14.0. The van der Waals surface area contributed by atoms with E-state index in [-0.39, 0.29) is 6.10 Å². The second kappa shape index (κ2) is 7.30. The van der Waals surface area contributed by atoms with Crippen LogP contribution in [0.4, 0.5) is 5.69 Å². The van der Waals surface area contributed by atoms with Gasteiger partial charge in [-0.05, 0) is 38.5 Å². The van der Waals surface area contributed by atoms with Crippen LogP contribution in [-0.4, -0.2) is 37.5 Å². The molecule has 1 aromatic rings. The maximum absolute atomic E-state index is 9.09. The summed E-state index contributed by atoms with van der Waals surface area (Å²) >= 11 is 0. The maximum atomic E-state index is 9.09. The Bertz CT molecular complexity index is 326. The van der Waals surface area contributed by atoms with Crippen LogP contribution in [0.15, 0.2) is 24.3 Å². The van der Waals surface area contributed by atoms with E-state index in [1.54, 1.807) is 6.92 Å². The van der Waals surface area contributed by atoms with Gasteiger partial charge in [-0.25, -0.2) is 0 Å². The molecule has 1 aromatic carbocycles. The van der Waals surface area contributed by atoms with E-state index in [4.69, 9.17) is 9.84 Å². The van der Waals surface area contributed by atoms with Crippen molar-refractivity contribution in [1.29, 1.82) is 0 Å². The third kappa shape index (κ3) is 5.20. The first-order valence-corrected chi connectivity index (χ1v) is 6.21. The molecule has 0 fully saturated rings. The van der Waals surface area contributed by atoms with E-state index < -0.39 is 0 Å². The Morgan fingerprint density at radius 1 is 1.41 bits per heavy atom. The van der Waals surface area contributed by atoms with Gasteiger partial charge in [0.25, 0.3) is 0 Å². The highest BCUT2D eigenvalue weighted by molar-refractivity contribution is 5.48. The molecule has 0 aromatic heterocycles. The Hall–Kier alpha value is -1.06. The van der Waals surface area contributed by atoms with Crippen molar-refractivity contribution in [1.82, 2.24) is 0 Å². The van der Waals surface area contributed by atoms with E-state index >= 15 is 0 Å². The second-order valence-corrected chi connectivity index (χ2v) is 4.34. The fourth-order valence-corrected chi connectivity index (χ4v) is 1.72. The van der Waals surface area contributed by atoms with E-state index in [1.165, 1.54) is 11.3 Å². The zero-order valence-electron chi connectivity index (χ0n) is 11.0. The SMILES string of the molecule is CCN(CCOCC(C)O)c1cccc(C)c1. The largest absolute Gasteiger partial charge is 0.391 e. The number of aliphatic hydroxyl groups excluding tert-OH is 1. The molecule has 1 N–H and O–H groups in total. The summed E-state index contributed by atoms with van der Waals surface area (Å²) in [6.07, 6.45) is -0.385. The average Bonchev–Trinajstić information content (AvgIpc) is 2.29. The van der Waals surface area contributed by atoms with Crippen molar-refractivity contribution in [3.8, 4) is 0 Å². The van der Waals surface area contributed by atoms with Crippen molar-refractivity contribution in [2.24, 2.45) is 0 Å². The van der Waals surface area contributed by atoms with Gasteiger partial charge in [0, 0.05) is 18.8 Å². The molecule has 1 unspecified atom stereocenters. The lowest BCUT2D eigenvalue weighted by molar-refractivity contribution is 0.0495. The monoisotopic (exact) mass is 237 g/mol. The van der Waals surface area contributed by atoms with Gasteiger partial charge in [0.15, 0.2) is 0 Å². The molecule has 0 bridgehead atoms. The topological polar surface area (TPSA) is 32.7 Å². The highest BCUT2D eigenvalue weighted by Crippen LogP contribution is 2.15. The lowest BCUT2D eigenvalue weighted by Crippen LogP contribution is -2.28. The summed E-state index contributed by atoms with van der Waals surface area (Å²) in [5.41, 5.74) is 2.50. The number of aliphatic hydroxyl groups is 1. The van der Waals surface area contributed by atoms with Crippen LogP contribution in [0.5, 0.6) is 0 Å². The molecule has 0 spiro atoms. The molecule has 1 atom stereocenters. The summed E-state index contributed by atoms with van der Waals surface area (Å²) < 4.78 is 5.39. The van der Waals surface area contributed by atoms with E-state index in [2.05, 4.69) is 43.0 Å². The molecule has 0 aliphatic heterocycles. The molecule has 0 aliphatic carbocycles. The van der Waals surface area contributed by atoms with Gasteiger partial charge in [-0.1, -0.05) is 12.1 Å². The minimum Gasteiger partial charge on any atom is -0.391 e. The predicted octanol–water partition coefficient (Wildman–Crippen LogP) is 2.22. The normalized spacial score (nSPS) is 12.5. The van der Waals surface area contributed by atoms with Gasteiger partial charge >= 0.3 is 0 Å². The fourth-order valence-electron chi connectivity index (χ4n) is 1.72. The molecular formula is C14H23NO2. The smallest absolute Gasteiger partial charge is 0.0745 e. The van der Waals surface area contributed by atoms with Crippen LogP contribution in [0, 0.1) is 6.92 Å². The number of hydrogen-bond donors (Lipinski definition) is 1. The fraction of sp³-hybridized carbons (Fsp3) is 0.571. The summed E-state index contributed by atoms with van der Waals surface area (Å²) in [6.45, 7) is 8.84. The van der Waals surface area contributed by atoms with Crippen molar-refractivity contribution < 1.29 is 9.84 Å². The molecule has 17 heavy (non-hydrogen) atoms. The zero-order valence-corrected chi connectivity index (χ0v) is 11.0. The zero-order chi connectivity index (χ0) is 12.7. The standard InChI is InChI=1S/C14H23NO2/c1-4-15(8-9-17-11-13(3)16)14-7-5-6-12(2)10-14/h5-7,10,13,16H,4,8-9,11H2,1-3H3. The molecule has 0 aliphatic rings. The quantitative estimate of drug-likeness (QED) is 0.738. The maximum Gasteiger partial charge on any atom is 0.0745 e. The van der Waals surface area contributed by atoms with Gasteiger partial charge in [-0.15, -0.1) is 0 Å². The van der Waals surface area contributed by atoms with E-state index in [9.17, 15) is 0 Å². The van der Waals surface area contributed by atoms with Crippen molar-refractivity contribution in [3.05, 3.63) is 29.8 Å². The Kier molecular flexibility index (Phi) is 6.01. The number of rotatable bonds is 7.